The van der Waals surface area contributed by atoms with Crippen molar-refractivity contribution < 1.29 is 17.9 Å². The molecule has 1 N–H and O–H groups in total. The molecule has 7 nitrogen and oxygen atoms in total. The molecule has 0 saturated carbocycles. The van der Waals surface area contributed by atoms with Crippen LogP contribution in [0.1, 0.15) is 5.89 Å². The highest BCUT2D eigenvalue weighted by Gasteiger charge is 2.17. The number of aromatic amines is 1. The maximum absolute atomic E-state index is 14.1. The average molecular weight is 391 g/mol. The molecule has 0 spiro atoms. The molecule has 0 radical (unpaired) electrons. The van der Waals surface area contributed by atoms with Crippen molar-refractivity contribution in [3.8, 4) is 22.9 Å². The molecule has 0 atom stereocenters. The minimum atomic E-state index is -0.938. The predicted octanol–water partition coefficient (Wildman–Crippen LogP) is 3.29. The number of rotatable bonds is 4. The Bertz CT molecular complexity index is 1320. The highest BCUT2D eigenvalue weighted by Crippen LogP contribution is 2.24. The van der Waals surface area contributed by atoms with Crippen LogP contribution in [-0.2, 0) is 6.54 Å². The molecule has 4 heterocycles. The maximum Gasteiger partial charge on any atom is 0.292 e. The number of nitrogens with zero attached hydrogens (tertiary/aromatic N) is 5. The summed E-state index contributed by atoms with van der Waals surface area (Å²) >= 11 is 0. The smallest absolute Gasteiger partial charge is 0.292 e. The SMILES string of the molecule is Fc1cccc(-c2nc3cc[n+](Cc4nc(-c5ccccn5)no4)cc3[nH]2)c1F. The molecule has 0 bridgehead atoms. The van der Waals surface area contributed by atoms with E-state index in [1.54, 1.807) is 30.7 Å². The summed E-state index contributed by atoms with van der Waals surface area (Å²) in [5.41, 5.74) is 1.98. The molecule has 29 heavy (non-hydrogen) atoms. The second-order valence-electron chi connectivity index (χ2n) is 6.33. The Morgan fingerprint density at radius 1 is 1.03 bits per heavy atom. The van der Waals surface area contributed by atoms with Gasteiger partial charge in [-0.1, -0.05) is 17.3 Å². The predicted molar refractivity (Wildman–Crippen MR) is 98.3 cm³/mol. The fourth-order valence-electron chi connectivity index (χ4n) is 2.99. The Morgan fingerprint density at radius 2 is 1.97 bits per heavy atom. The van der Waals surface area contributed by atoms with Gasteiger partial charge < -0.3 is 9.51 Å². The van der Waals surface area contributed by atoms with E-state index in [1.807, 2.05) is 16.7 Å². The molecule has 0 saturated heterocycles. The number of nitrogens with one attached hydrogen (secondary N) is 1. The van der Waals surface area contributed by atoms with Gasteiger partial charge in [-0.25, -0.2) is 13.8 Å². The molecule has 0 aliphatic rings. The van der Waals surface area contributed by atoms with E-state index < -0.39 is 11.6 Å². The van der Waals surface area contributed by atoms with Crippen LogP contribution in [0.25, 0.3) is 33.9 Å². The van der Waals surface area contributed by atoms with Crippen molar-refractivity contribution in [3.05, 3.63) is 78.6 Å². The fraction of sp³-hybridized carbons (Fsp3) is 0.0500. The van der Waals surface area contributed by atoms with Gasteiger partial charge in [0.15, 0.2) is 24.0 Å². The molecule has 0 fully saturated rings. The summed E-state index contributed by atoms with van der Waals surface area (Å²) in [7, 11) is 0. The van der Waals surface area contributed by atoms with E-state index >= 15 is 0 Å². The number of pyridine rings is 2. The van der Waals surface area contributed by atoms with Gasteiger partial charge >= 0.3 is 0 Å². The van der Waals surface area contributed by atoms with Crippen molar-refractivity contribution in [1.82, 2.24) is 25.1 Å². The highest BCUT2D eigenvalue weighted by atomic mass is 19.2. The second kappa shape index (κ2) is 6.86. The van der Waals surface area contributed by atoms with E-state index in [1.165, 1.54) is 12.1 Å². The number of fused-ring (bicyclic) bond motifs is 1. The summed E-state index contributed by atoms with van der Waals surface area (Å²) < 4.78 is 34.7. The quantitative estimate of drug-likeness (QED) is 0.475. The van der Waals surface area contributed by atoms with Gasteiger partial charge in [-0.15, -0.1) is 0 Å². The first-order chi connectivity index (χ1) is 14.2. The number of halogens is 2. The van der Waals surface area contributed by atoms with E-state index in [9.17, 15) is 8.78 Å². The van der Waals surface area contributed by atoms with Crippen LogP contribution in [0.4, 0.5) is 8.78 Å². The highest BCUT2D eigenvalue weighted by molar-refractivity contribution is 5.77. The molecular formula is C20H13F2N6O+. The van der Waals surface area contributed by atoms with E-state index in [-0.39, 0.29) is 11.4 Å². The van der Waals surface area contributed by atoms with E-state index in [2.05, 4.69) is 25.1 Å². The first-order valence-electron chi connectivity index (χ1n) is 8.74. The molecule has 9 heteroatoms. The Hall–Kier alpha value is -4.01. The van der Waals surface area contributed by atoms with Gasteiger partial charge in [-0.2, -0.15) is 9.55 Å². The molecule has 5 aromatic rings. The number of hydrogen-bond acceptors (Lipinski definition) is 5. The molecule has 4 aromatic heterocycles. The van der Waals surface area contributed by atoms with Gasteiger partial charge in [0, 0.05) is 12.3 Å². The Kier molecular flexibility index (Phi) is 4.05. The Morgan fingerprint density at radius 3 is 2.83 bits per heavy atom. The molecule has 1 aromatic carbocycles. The number of benzene rings is 1. The average Bonchev–Trinajstić information content (AvgIpc) is 3.37. The third-order valence-electron chi connectivity index (χ3n) is 4.37. The van der Waals surface area contributed by atoms with Crippen LogP contribution in [0.2, 0.25) is 0 Å². The number of hydrogen-bond donors (Lipinski definition) is 1. The Labute approximate surface area is 162 Å². The summed E-state index contributed by atoms with van der Waals surface area (Å²) in [6.45, 7) is 0.332. The summed E-state index contributed by atoms with van der Waals surface area (Å²) in [4.78, 5) is 15.9. The van der Waals surface area contributed by atoms with Gasteiger partial charge in [0.1, 0.15) is 22.6 Å². The van der Waals surface area contributed by atoms with Crippen LogP contribution in [-0.4, -0.2) is 25.1 Å². The van der Waals surface area contributed by atoms with Crippen LogP contribution in [0.15, 0.2) is 65.6 Å². The zero-order valence-corrected chi connectivity index (χ0v) is 14.9. The van der Waals surface area contributed by atoms with E-state index in [0.717, 1.165) is 6.07 Å². The van der Waals surface area contributed by atoms with Gasteiger partial charge in [-0.05, 0) is 24.3 Å². The normalized spacial score (nSPS) is 11.2. The molecule has 142 valence electrons. The van der Waals surface area contributed by atoms with E-state index in [4.69, 9.17) is 4.52 Å². The summed E-state index contributed by atoms with van der Waals surface area (Å²) in [5.74, 6) is -0.783. The summed E-state index contributed by atoms with van der Waals surface area (Å²) in [5, 5.41) is 3.95. The lowest BCUT2D eigenvalue weighted by molar-refractivity contribution is -0.689. The molecule has 0 unspecified atom stereocenters. The van der Waals surface area contributed by atoms with Gasteiger partial charge in [-0.3, -0.25) is 4.98 Å². The van der Waals surface area contributed by atoms with Crippen LogP contribution in [0.5, 0.6) is 0 Å². The maximum atomic E-state index is 14.1. The van der Waals surface area contributed by atoms with Crippen LogP contribution >= 0.6 is 0 Å². The van der Waals surface area contributed by atoms with Crippen LogP contribution < -0.4 is 4.57 Å². The van der Waals surface area contributed by atoms with Crippen molar-refractivity contribution in [3.63, 3.8) is 0 Å². The number of aromatic nitrogens is 6. The van der Waals surface area contributed by atoms with Crippen molar-refractivity contribution in [2.45, 2.75) is 6.54 Å². The van der Waals surface area contributed by atoms with E-state index in [0.29, 0.717) is 35.0 Å². The first kappa shape index (κ1) is 17.1. The lowest BCUT2D eigenvalue weighted by Crippen LogP contribution is -2.33. The van der Waals surface area contributed by atoms with Crippen molar-refractivity contribution >= 4 is 11.0 Å². The Balaban J connectivity index is 1.43. The largest absolute Gasteiger partial charge is 0.333 e. The minimum Gasteiger partial charge on any atom is -0.333 e. The van der Waals surface area contributed by atoms with Crippen molar-refractivity contribution in [1.29, 1.82) is 0 Å². The van der Waals surface area contributed by atoms with Crippen LogP contribution in [0, 0.1) is 11.6 Å². The van der Waals surface area contributed by atoms with Crippen LogP contribution in [0.3, 0.4) is 0 Å². The van der Waals surface area contributed by atoms with Crippen molar-refractivity contribution in [2.75, 3.05) is 0 Å². The number of imidazole rings is 1. The topological polar surface area (TPSA) is 84.4 Å². The first-order valence-corrected chi connectivity index (χ1v) is 8.74. The molecular weight excluding hydrogens is 378 g/mol. The van der Waals surface area contributed by atoms with Gasteiger partial charge in [0.2, 0.25) is 12.4 Å². The third-order valence-corrected chi connectivity index (χ3v) is 4.37. The number of H-pyrrole nitrogens is 1. The van der Waals surface area contributed by atoms with Gasteiger partial charge in [0.25, 0.3) is 5.89 Å². The standard InChI is InChI=1S/C20H12F2N6O/c21-13-5-3-4-12(18(13)22)19-24-14-7-9-28(10-16(14)25-19)11-17-26-20(27-29-17)15-6-1-2-8-23-15/h1-10H,11H2/p+1. The third kappa shape index (κ3) is 3.22. The molecule has 5 rings (SSSR count). The van der Waals surface area contributed by atoms with Crippen molar-refractivity contribution in [2.24, 2.45) is 0 Å². The summed E-state index contributed by atoms with van der Waals surface area (Å²) in [6, 6.07) is 11.2. The molecule has 0 aliphatic carbocycles. The molecule has 0 amide bonds. The fourth-order valence-corrected chi connectivity index (χ4v) is 2.99. The lowest BCUT2D eigenvalue weighted by atomic mass is 10.2. The lowest BCUT2D eigenvalue weighted by Gasteiger charge is -1.99. The zero-order chi connectivity index (χ0) is 19.8. The zero-order valence-electron chi connectivity index (χ0n) is 14.9. The molecule has 0 aliphatic heterocycles. The van der Waals surface area contributed by atoms with Gasteiger partial charge in [0.05, 0.1) is 5.56 Å². The monoisotopic (exact) mass is 391 g/mol. The second-order valence-corrected chi connectivity index (χ2v) is 6.33. The minimum absolute atomic E-state index is 0.0738. The summed E-state index contributed by atoms with van der Waals surface area (Å²) in [6.07, 6.45) is 5.23.